The molecule has 0 aromatic carbocycles. The third-order valence-corrected chi connectivity index (χ3v) is 4.58. The van der Waals surface area contributed by atoms with Crippen LogP contribution in [0.4, 0.5) is 0 Å². The number of carboxylic acid groups (broad SMARTS) is 1. The van der Waals surface area contributed by atoms with Crippen molar-refractivity contribution in [3.63, 3.8) is 0 Å². The predicted octanol–water partition coefficient (Wildman–Crippen LogP) is -4.08. The zero-order chi connectivity index (χ0) is 23.6. The summed E-state index contributed by atoms with van der Waals surface area (Å²) in [5.74, 6) is -3.99. The van der Waals surface area contributed by atoms with Crippen LogP contribution in [-0.2, 0) is 24.0 Å². The van der Waals surface area contributed by atoms with Crippen LogP contribution in [0.15, 0.2) is 4.99 Å². The van der Waals surface area contributed by atoms with E-state index in [2.05, 4.69) is 15.6 Å². The maximum Gasteiger partial charge on any atom is 0.326 e. The lowest BCUT2D eigenvalue weighted by molar-refractivity contribution is -0.149. The summed E-state index contributed by atoms with van der Waals surface area (Å²) in [7, 11) is 0. The van der Waals surface area contributed by atoms with Crippen molar-refractivity contribution in [3.05, 3.63) is 0 Å². The maximum atomic E-state index is 12.9. The van der Waals surface area contributed by atoms with Gasteiger partial charge in [-0.25, -0.2) is 4.79 Å². The number of nitrogens with zero attached hydrogens (tertiary/aromatic N) is 2. The largest absolute Gasteiger partial charge is 0.480 e. The van der Waals surface area contributed by atoms with Gasteiger partial charge in [0.25, 0.3) is 0 Å². The minimum Gasteiger partial charge on any atom is -0.480 e. The Hall–Kier alpha value is -3.42. The molecule has 0 spiro atoms. The van der Waals surface area contributed by atoms with Crippen molar-refractivity contribution < 1.29 is 29.1 Å². The first-order chi connectivity index (χ1) is 14.5. The van der Waals surface area contributed by atoms with E-state index in [1.54, 1.807) is 0 Å². The second-order valence-electron chi connectivity index (χ2n) is 7.09. The first-order valence-corrected chi connectivity index (χ1v) is 9.72. The van der Waals surface area contributed by atoms with Crippen LogP contribution >= 0.6 is 0 Å². The molecule has 14 heteroatoms. The van der Waals surface area contributed by atoms with Crippen molar-refractivity contribution in [1.29, 1.82) is 0 Å². The average molecular weight is 442 g/mol. The monoisotopic (exact) mass is 442 g/mol. The molecule has 0 aromatic rings. The van der Waals surface area contributed by atoms with Crippen molar-refractivity contribution in [3.8, 4) is 0 Å². The number of carboxylic acids is 1. The Morgan fingerprint density at radius 2 is 1.84 bits per heavy atom. The van der Waals surface area contributed by atoms with E-state index in [0.29, 0.717) is 19.3 Å². The summed E-state index contributed by atoms with van der Waals surface area (Å²) >= 11 is 0. The summed E-state index contributed by atoms with van der Waals surface area (Å²) in [4.78, 5) is 64.2. The molecule has 11 N–H and O–H groups in total. The quantitative estimate of drug-likeness (QED) is 0.0880. The number of aliphatic carboxylic acids is 1. The topological polar surface area (TPSA) is 249 Å². The first-order valence-electron chi connectivity index (χ1n) is 9.72. The van der Waals surface area contributed by atoms with Gasteiger partial charge in [-0.2, -0.15) is 0 Å². The molecular weight excluding hydrogens is 412 g/mol. The molecule has 0 radical (unpaired) electrons. The van der Waals surface area contributed by atoms with Gasteiger partial charge < -0.3 is 43.6 Å². The number of carbonyl (C=O) groups excluding carboxylic acids is 4. The number of likely N-dealkylation sites (tertiary alicyclic amines) is 1. The van der Waals surface area contributed by atoms with Crippen molar-refractivity contribution in [2.75, 3.05) is 19.6 Å². The predicted molar refractivity (Wildman–Crippen MR) is 109 cm³/mol. The lowest BCUT2D eigenvalue weighted by Gasteiger charge is -2.27. The fourth-order valence-corrected chi connectivity index (χ4v) is 3.10. The van der Waals surface area contributed by atoms with Crippen LogP contribution < -0.4 is 33.6 Å². The highest BCUT2D eigenvalue weighted by molar-refractivity contribution is 5.93. The molecule has 1 fully saturated rings. The Morgan fingerprint density at radius 3 is 2.42 bits per heavy atom. The van der Waals surface area contributed by atoms with E-state index >= 15 is 0 Å². The molecular formula is C17H30N8O6. The van der Waals surface area contributed by atoms with Crippen LogP contribution in [0, 0.1) is 0 Å². The zero-order valence-electron chi connectivity index (χ0n) is 17.1. The minimum atomic E-state index is -1.21. The van der Waals surface area contributed by atoms with E-state index in [0.717, 1.165) is 0 Å². The van der Waals surface area contributed by atoms with E-state index < -0.39 is 54.3 Å². The number of nitrogens with one attached hydrogen (secondary N) is 2. The Bertz CT molecular complexity index is 723. The standard InChI is InChI=1S/C17H30N8O6/c18-9(7-12(19)26)14(28)23-8-13(27)24-10(3-1-5-22-17(20)21)15(29)25-6-2-4-11(25)16(30)31/h9-11H,1-8,18H2,(H2,19,26)(H,23,28)(H,24,27)(H,30,31)(H4,20,21,22). The Balaban J connectivity index is 2.74. The molecule has 1 saturated heterocycles. The van der Waals surface area contributed by atoms with Gasteiger partial charge in [0.1, 0.15) is 12.1 Å². The van der Waals surface area contributed by atoms with E-state index in [9.17, 15) is 29.1 Å². The van der Waals surface area contributed by atoms with Gasteiger partial charge in [-0.05, 0) is 25.7 Å². The molecule has 1 aliphatic rings. The number of guanidine groups is 1. The summed E-state index contributed by atoms with van der Waals surface area (Å²) < 4.78 is 0. The van der Waals surface area contributed by atoms with Gasteiger partial charge in [0, 0.05) is 13.1 Å². The smallest absolute Gasteiger partial charge is 0.326 e. The second kappa shape index (κ2) is 12.3. The highest BCUT2D eigenvalue weighted by Gasteiger charge is 2.37. The number of nitrogens with two attached hydrogens (primary N) is 4. The molecule has 14 nitrogen and oxygen atoms in total. The number of amides is 4. The molecule has 0 aliphatic carbocycles. The Morgan fingerprint density at radius 1 is 1.16 bits per heavy atom. The molecule has 4 amide bonds. The van der Waals surface area contributed by atoms with Gasteiger partial charge >= 0.3 is 5.97 Å². The normalized spacial score (nSPS) is 17.3. The summed E-state index contributed by atoms with van der Waals surface area (Å²) in [6, 6.07) is -3.20. The highest BCUT2D eigenvalue weighted by Crippen LogP contribution is 2.19. The lowest BCUT2D eigenvalue weighted by atomic mass is 10.1. The van der Waals surface area contributed by atoms with Crippen molar-refractivity contribution in [2.45, 2.75) is 50.2 Å². The maximum absolute atomic E-state index is 12.9. The summed E-state index contributed by atoms with van der Waals surface area (Å²) in [6.07, 6.45) is 0.967. The van der Waals surface area contributed by atoms with Crippen molar-refractivity contribution in [2.24, 2.45) is 27.9 Å². The van der Waals surface area contributed by atoms with Crippen LogP contribution in [0.2, 0.25) is 0 Å². The third-order valence-electron chi connectivity index (χ3n) is 4.58. The number of hydrogen-bond acceptors (Lipinski definition) is 7. The summed E-state index contributed by atoms with van der Waals surface area (Å²) in [5, 5.41) is 14.1. The highest BCUT2D eigenvalue weighted by atomic mass is 16.4. The van der Waals surface area contributed by atoms with Gasteiger partial charge in [0.2, 0.25) is 23.6 Å². The summed E-state index contributed by atoms with van der Waals surface area (Å²) in [5.41, 5.74) is 21.0. The number of aliphatic imine (C=N–C) groups is 1. The van der Waals surface area contributed by atoms with Crippen molar-refractivity contribution in [1.82, 2.24) is 15.5 Å². The first kappa shape index (κ1) is 25.6. The molecule has 0 bridgehead atoms. The number of hydrogen-bond donors (Lipinski definition) is 7. The lowest BCUT2D eigenvalue weighted by Crippen LogP contribution is -2.54. The number of rotatable bonds is 12. The van der Waals surface area contributed by atoms with Crippen LogP contribution in [0.5, 0.6) is 0 Å². The van der Waals surface area contributed by atoms with Gasteiger partial charge in [0.05, 0.1) is 19.0 Å². The molecule has 31 heavy (non-hydrogen) atoms. The average Bonchev–Trinajstić information content (AvgIpc) is 3.17. The van der Waals surface area contributed by atoms with E-state index in [4.69, 9.17) is 22.9 Å². The Labute approximate surface area is 178 Å². The third kappa shape index (κ3) is 8.86. The van der Waals surface area contributed by atoms with Gasteiger partial charge in [-0.15, -0.1) is 0 Å². The van der Waals surface area contributed by atoms with E-state index in [1.807, 2.05) is 0 Å². The minimum absolute atomic E-state index is 0.118. The molecule has 1 aliphatic heterocycles. The van der Waals surface area contributed by atoms with Crippen LogP contribution in [0.3, 0.4) is 0 Å². The second-order valence-corrected chi connectivity index (χ2v) is 7.09. The summed E-state index contributed by atoms with van der Waals surface area (Å²) in [6.45, 7) is -0.0246. The zero-order valence-corrected chi connectivity index (χ0v) is 17.1. The molecule has 174 valence electrons. The van der Waals surface area contributed by atoms with Gasteiger partial charge in [-0.3, -0.25) is 24.2 Å². The molecule has 1 heterocycles. The molecule has 1 rings (SSSR count). The van der Waals surface area contributed by atoms with Crippen LogP contribution in [0.25, 0.3) is 0 Å². The van der Waals surface area contributed by atoms with Gasteiger partial charge in [-0.1, -0.05) is 0 Å². The van der Waals surface area contributed by atoms with E-state index in [1.165, 1.54) is 4.90 Å². The SMILES string of the molecule is NC(=O)CC(N)C(=O)NCC(=O)NC(CCCN=C(N)N)C(=O)N1CCCC1C(=O)O. The Kier molecular flexibility index (Phi) is 10.2. The van der Waals surface area contributed by atoms with Crippen LogP contribution in [0.1, 0.15) is 32.1 Å². The number of primary amides is 1. The number of carbonyl (C=O) groups is 5. The fourth-order valence-electron chi connectivity index (χ4n) is 3.10. The molecule has 3 atom stereocenters. The molecule has 0 saturated carbocycles. The van der Waals surface area contributed by atoms with Crippen LogP contribution in [-0.4, -0.2) is 83.3 Å². The van der Waals surface area contributed by atoms with Crippen molar-refractivity contribution >= 4 is 35.6 Å². The van der Waals surface area contributed by atoms with E-state index in [-0.39, 0.29) is 31.9 Å². The fraction of sp³-hybridized carbons (Fsp3) is 0.647. The molecule has 3 unspecified atom stereocenters. The van der Waals surface area contributed by atoms with Gasteiger partial charge in [0.15, 0.2) is 5.96 Å². The molecule has 0 aromatic heterocycles.